The Bertz CT molecular complexity index is 908. The number of carbonyl (C=O) groups is 2. The lowest BCUT2D eigenvalue weighted by Gasteiger charge is -2.09. The van der Waals surface area contributed by atoms with E-state index in [9.17, 15) is 9.59 Å². The van der Waals surface area contributed by atoms with E-state index in [1.165, 1.54) is 6.08 Å². The van der Waals surface area contributed by atoms with Crippen LogP contribution in [0.4, 0.5) is 0 Å². The average Bonchev–Trinajstić information content (AvgIpc) is 2.99. The van der Waals surface area contributed by atoms with Crippen molar-refractivity contribution in [3.63, 3.8) is 0 Å². The average molecular weight is 383 g/mol. The highest BCUT2D eigenvalue weighted by atomic mass is 16.5. The van der Waals surface area contributed by atoms with E-state index in [4.69, 9.17) is 14.2 Å². The van der Waals surface area contributed by atoms with Crippen LogP contribution in [0.1, 0.15) is 44.6 Å². The van der Waals surface area contributed by atoms with E-state index in [0.717, 1.165) is 5.56 Å². The number of ether oxygens (including phenoxy) is 3. The molecule has 28 heavy (non-hydrogen) atoms. The Kier molecular flexibility index (Phi) is 7.21. The van der Waals surface area contributed by atoms with Gasteiger partial charge in [-0.2, -0.15) is 0 Å². The molecule has 6 heteroatoms. The molecule has 6 nitrogen and oxygen atoms in total. The third-order valence-corrected chi connectivity index (χ3v) is 4.13. The van der Waals surface area contributed by atoms with Crippen LogP contribution in [0, 0.1) is 13.8 Å². The van der Waals surface area contributed by atoms with E-state index in [0.29, 0.717) is 40.6 Å². The monoisotopic (exact) mass is 383 g/mol. The molecule has 0 aliphatic rings. The summed E-state index contributed by atoms with van der Waals surface area (Å²) in [5.74, 6) is 0.496. The third kappa shape index (κ3) is 4.71. The van der Waals surface area contributed by atoms with Crippen molar-refractivity contribution >= 4 is 17.8 Å². The minimum atomic E-state index is -0.467. The molecule has 0 aliphatic heterocycles. The van der Waals surface area contributed by atoms with Crippen molar-refractivity contribution in [2.45, 2.75) is 20.8 Å². The Morgan fingerprint density at radius 3 is 2.61 bits per heavy atom. The molecular weight excluding hydrogens is 358 g/mol. The van der Waals surface area contributed by atoms with E-state index >= 15 is 0 Å². The molecule has 1 N–H and O–H groups in total. The van der Waals surface area contributed by atoms with Gasteiger partial charge >= 0.3 is 5.97 Å². The SMILES string of the molecule is C=CCOc1ccc(/C=C/C(=O)c2c(C)[nH]c(C(=O)OCC)c2C)cc1OC. The summed E-state index contributed by atoms with van der Waals surface area (Å²) in [4.78, 5) is 27.6. The molecule has 2 aromatic rings. The molecule has 2 rings (SSSR count). The van der Waals surface area contributed by atoms with Gasteiger partial charge in [0.15, 0.2) is 17.3 Å². The fraction of sp³-hybridized carbons (Fsp3) is 0.273. The highest BCUT2D eigenvalue weighted by Gasteiger charge is 2.21. The van der Waals surface area contributed by atoms with Gasteiger partial charge in [0.25, 0.3) is 0 Å². The van der Waals surface area contributed by atoms with Crippen molar-refractivity contribution in [2.75, 3.05) is 20.3 Å². The number of hydrogen-bond donors (Lipinski definition) is 1. The lowest BCUT2D eigenvalue weighted by Crippen LogP contribution is -2.07. The first kappa shape index (κ1) is 21.0. The van der Waals surface area contributed by atoms with Gasteiger partial charge in [0.05, 0.1) is 13.7 Å². The lowest BCUT2D eigenvalue weighted by atomic mass is 10.0. The molecule has 1 heterocycles. The number of rotatable bonds is 9. The van der Waals surface area contributed by atoms with Gasteiger partial charge in [0.2, 0.25) is 0 Å². The summed E-state index contributed by atoms with van der Waals surface area (Å²) in [5, 5.41) is 0. The summed E-state index contributed by atoms with van der Waals surface area (Å²) >= 11 is 0. The maximum Gasteiger partial charge on any atom is 0.355 e. The molecule has 0 atom stereocenters. The maximum atomic E-state index is 12.7. The summed E-state index contributed by atoms with van der Waals surface area (Å²) in [6.07, 6.45) is 4.81. The summed E-state index contributed by atoms with van der Waals surface area (Å²) in [7, 11) is 1.55. The van der Waals surface area contributed by atoms with Gasteiger partial charge in [0.1, 0.15) is 12.3 Å². The molecule has 0 saturated heterocycles. The highest BCUT2D eigenvalue weighted by molar-refractivity contribution is 6.10. The number of aryl methyl sites for hydroxylation is 1. The van der Waals surface area contributed by atoms with Crippen molar-refractivity contribution in [2.24, 2.45) is 0 Å². The first-order chi connectivity index (χ1) is 13.4. The number of ketones is 1. The molecule has 148 valence electrons. The number of allylic oxidation sites excluding steroid dienone is 1. The van der Waals surface area contributed by atoms with Crippen LogP contribution in [0.15, 0.2) is 36.9 Å². The molecule has 0 unspecified atom stereocenters. The van der Waals surface area contributed by atoms with Crippen molar-refractivity contribution in [3.05, 3.63) is 65.0 Å². The van der Waals surface area contributed by atoms with Gasteiger partial charge in [-0.05, 0) is 50.1 Å². The number of benzene rings is 1. The summed E-state index contributed by atoms with van der Waals surface area (Å²) < 4.78 is 15.9. The standard InChI is InChI=1S/C22H25NO5/c1-6-12-28-18-11-9-16(13-19(18)26-5)8-10-17(24)20-14(3)21(23-15(20)4)22(25)27-7-2/h6,8-11,13,23H,1,7,12H2,2-5H3/b10-8+. The molecule has 0 aliphatic carbocycles. The molecule has 0 radical (unpaired) electrons. The van der Waals surface area contributed by atoms with E-state index in [1.54, 1.807) is 52.2 Å². The lowest BCUT2D eigenvalue weighted by molar-refractivity contribution is 0.0519. The Hall–Kier alpha value is -3.28. The van der Waals surface area contributed by atoms with E-state index in [2.05, 4.69) is 11.6 Å². The first-order valence-electron chi connectivity index (χ1n) is 8.93. The number of hydrogen-bond acceptors (Lipinski definition) is 5. The number of carbonyl (C=O) groups excluding carboxylic acids is 2. The number of aromatic nitrogens is 1. The second-order valence-corrected chi connectivity index (χ2v) is 6.05. The minimum absolute atomic E-state index is 0.201. The number of nitrogens with one attached hydrogen (secondary N) is 1. The topological polar surface area (TPSA) is 77.6 Å². The second-order valence-electron chi connectivity index (χ2n) is 6.05. The Morgan fingerprint density at radius 1 is 1.21 bits per heavy atom. The molecule has 1 aromatic heterocycles. The van der Waals surface area contributed by atoms with Crippen molar-refractivity contribution in [1.29, 1.82) is 0 Å². The molecule has 0 spiro atoms. The smallest absolute Gasteiger partial charge is 0.355 e. The van der Waals surface area contributed by atoms with Gasteiger partial charge in [-0.3, -0.25) is 4.79 Å². The highest BCUT2D eigenvalue weighted by Crippen LogP contribution is 2.29. The van der Waals surface area contributed by atoms with Crippen LogP contribution in [-0.2, 0) is 4.74 Å². The maximum absolute atomic E-state index is 12.7. The van der Waals surface area contributed by atoms with Crippen LogP contribution in [0.3, 0.4) is 0 Å². The zero-order chi connectivity index (χ0) is 20.7. The van der Waals surface area contributed by atoms with Gasteiger partial charge in [-0.25, -0.2) is 4.79 Å². The van der Waals surface area contributed by atoms with Crippen LogP contribution in [0.2, 0.25) is 0 Å². The van der Waals surface area contributed by atoms with E-state index in [-0.39, 0.29) is 12.4 Å². The normalized spacial score (nSPS) is 10.7. The Labute approximate surface area is 164 Å². The van der Waals surface area contributed by atoms with Crippen LogP contribution in [-0.4, -0.2) is 37.1 Å². The van der Waals surface area contributed by atoms with Crippen LogP contribution < -0.4 is 9.47 Å². The Balaban J connectivity index is 2.24. The number of methoxy groups -OCH3 is 1. The predicted molar refractivity (Wildman–Crippen MR) is 108 cm³/mol. The van der Waals surface area contributed by atoms with Gasteiger partial charge in [-0.1, -0.05) is 24.8 Å². The fourth-order valence-corrected chi connectivity index (χ4v) is 2.84. The van der Waals surface area contributed by atoms with E-state index in [1.807, 2.05) is 6.07 Å². The fourth-order valence-electron chi connectivity index (χ4n) is 2.84. The van der Waals surface area contributed by atoms with Crippen LogP contribution in [0.5, 0.6) is 11.5 Å². The summed E-state index contributed by atoms with van der Waals surface area (Å²) in [6, 6.07) is 5.38. The molecule has 0 saturated carbocycles. The predicted octanol–water partition coefficient (Wildman–Crippen LogP) is 4.28. The van der Waals surface area contributed by atoms with Crippen molar-refractivity contribution in [3.8, 4) is 11.5 Å². The molecular formula is C22H25NO5. The second kappa shape index (κ2) is 9.60. The zero-order valence-corrected chi connectivity index (χ0v) is 16.6. The van der Waals surface area contributed by atoms with Crippen LogP contribution in [0.25, 0.3) is 6.08 Å². The molecule has 0 fully saturated rings. The quantitative estimate of drug-likeness (QED) is 0.303. The largest absolute Gasteiger partial charge is 0.493 e. The summed E-state index contributed by atoms with van der Waals surface area (Å²) in [6.45, 7) is 9.48. The number of aromatic amines is 1. The Morgan fingerprint density at radius 2 is 1.96 bits per heavy atom. The van der Waals surface area contributed by atoms with Crippen molar-refractivity contribution in [1.82, 2.24) is 4.98 Å². The van der Waals surface area contributed by atoms with Crippen molar-refractivity contribution < 1.29 is 23.8 Å². The van der Waals surface area contributed by atoms with E-state index < -0.39 is 5.97 Å². The number of H-pyrrole nitrogens is 1. The first-order valence-corrected chi connectivity index (χ1v) is 8.93. The third-order valence-electron chi connectivity index (χ3n) is 4.13. The molecule has 1 aromatic carbocycles. The van der Waals surface area contributed by atoms with Gasteiger partial charge in [-0.15, -0.1) is 0 Å². The van der Waals surface area contributed by atoms with Crippen LogP contribution >= 0.6 is 0 Å². The van der Waals surface area contributed by atoms with Gasteiger partial charge < -0.3 is 19.2 Å². The number of esters is 1. The summed E-state index contributed by atoms with van der Waals surface area (Å²) in [5.41, 5.74) is 2.77. The zero-order valence-electron chi connectivity index (χ0n) is 16.6. The molecule has 0 bridgehead atoms. The molecule has 0 amide bonds. The van der Waals surface area contributed by atoms with Gasteiger partial charge in [0, 0.05) is 11.3 Å². The minimum Gasteiger partial charge on any atom is -0.493 e.